The van der Waals surface area contributed by atoms with Crippen LogP contribution < -0.4 is 4.90 Å². The highest BCUT2D eigenvalue weighted by atomic mass is 16.5. The van der Waals surface area contributed by atoms with Crippen LogP contribution >= 0.6 is 0 Å². The molecule has 0 aliphatic carbocycles. The largest absolute Gasteiger partial charge is 0.480 e. The number of hydrogen-bond acceptors (Lipinski definition) is 6. The van der Waals surface area contributed by atoms with Crippen molar-refractivity contribution in [1.82, 2.24) is 9.97 Å². The van der Waals surface area contributed by atoms with Crippen LogP contribution in [0, 0.1) is 0 Å². The third-order valence-corrected chi connectivity index (χ3v) is 2.16. The molecule has 1 aromatic rings. The molecule has 7 heteroatoms. The van der Waals surface area contributed by atoms with E-state index < -0.39 is 11.9 Å². The van der Waals surface area contributed by atoms with E-state index in [0.717, 1.165) is 6.42 Å². The van der Waals surface area contributed by atoms with Gasteiger partial charge in [-0.2, -0.15) is 0 Å². The van der Waals surface area contributed by atoms with Crippen molar-refractivity contribution in [1.29, 1.82) is 0 Å². The lowest BCUT2D eigenvalue weighted by Gasteiger charge is -2.20. The summed E-state index contributed by atoms with van der Waals surface area (Å²) in [5, 5.41) is 8.82. The van der Waals surface area contributed by atoms with Crippen LogP contribution in [0.5, 0.6) is 0 Å². The first-order chi connectivity index (χ1) is 8.58. The summed E-state index contributed by atoms with van der Waals surface area (Å²) in [7, 11) is 1.25. The van der Waals surface area contributed by atoms with Gasteiger partial charge < -0.3 is 14.7 Å². The van der Waals surface area contributed by atoms with Crippen molar-refractivity contribution in [3.63, 3.8) is 0 Å². The number of hydrogen-bond donors (Lipinski definition) is 1. The Balaban J connectivity index is 2.97. The van der Waals surface area contributed by atoms with Gasteiger partial charge in [-0.05, 0) is 6.42 Å². The van der Waals surface area contributed by atoms with E-state index in [4.69, 9.17) is 5.11 Å². The average Bonchev–Trinajstić information content (AvgIpc) is 2.37. The molecule has 0 atom stereocenters. The van der Waals surface area contributed by atoms with Gasteiger partial charge >= 0.3 is 11.9 Å². The smallest absolute Gasteiger partial charge is 0.358 e. The quantitative estimate of drug-likeness (QED) is 0.740. The van der Waals surface area contributed by atoms with Gasteiger partial charge in [0.25, 0.3) is 0 Å². The first-order valence-corrected chi connectivity index (χ1v) is 5.45. The number of anilines is 1. The Bertz CT molecular complexity index is 436. The van der Waals surface area contributed by atoms with Gasteiger partial charge in [0.2, 0.25) is 0 Å². The molecule has 1 N–H and O–H groups in total. The molecule has 0 aromatic carbocycles. The van der Waals surface area contributed by atoms with E-state index in [1.807, 2.05) is 6.92 Å². The second-order valence-corrected chi connectivity index (χ2v) is 3.57. The first-order valence-electron chi connectivity index (χ1n) is 5.45. The fourth-order valence-corrected chi connectivity index (χ4v) is 1.42. The number of rotatable bonds is 6. The molecule has 1 aromatic heterocycles. The Morgan fingerprint density at radius 1 is 1.44 bits per heavy atom. The van der Waals surface area contributed by atoms with E-state index >= 15 is 0 Å². The molecular weight excluding hydrogens is 238 g/mol. The first kappa shape index (κ1) is 13.9. The lowest BCUT2D eigenvalue weighted by atomic mass is 10.4. The van der Waals surface area contributed by atoms with Gasteiger partial charge in [0.15, 0.2) is 5.69 Å². The van der Waals surface area contributed by atoms with E-state index in [1.54, 1.807) is 4.90 Å². The van der Waals surface area contributed by atoms with Gasteiger partial charge in [0, 0.05) is 6.54 Å². The number of carboxylic acids is 1. The van der Waals surface area contributed by atoms with E-state index in [9.17, 15) is 9.59 Å². The maximum Gasteiger partial charge on any atom is 0.358 e. The van der Waals surface area contributed by atoms with Gasteiger partial charge in [-0.1, -0.05) is 6.92 Å². The molecule has 1 rings (SSSR count). The molecule has 0 aliphatic rings. The van der Waals surface area contributed by atoms with Crippen molar-refractivity contribution in [2.45, 2.75) is 13.3 Å². The monoisotopic (exact) mass is 253 g/mol. The lowest BCUT2D eigenvalue weighted by Crippen LogP contribution is -2.31. The number of aromatic nitrogens is 2. The molecule has 98 valence electrons. The van der Waals surface area contributed by atoms with Crippen molar-refractivity contribution in [3.8, 4) is 0 Å². The van der Waals surface area contributed by atoms with Crippen LogP contribution in [-0.2, 0) is 9.53 Å². The minimum Gasteiger partial charge on any atom is -0.480 e. The van der Waals surface area contributed by atoms with Crippen molar-refractivity contribution in [2.24, 2.45) is 0 Å². The number of carbonyl (C=O) groups is 2. The minimum absolute atomic E-state index is 0.0569. The van der Waals surface area contributed by atoms with Crippen LogP contribution in [0.2, 0.25) is 0 Å². The molecule has 0 fully saturated rings. The molecule has 7 nitrogen and oxygen atoms in total. The summed E-state index contributed by atoms with van der Waals surface area (Å²) in [4.78, 5) is 31.5. The predicted molar refractivity (Wildman–Crippen MR) is 63.5 cm³/mol. The van der Waals surface area contributed by atoms with Gasteiger partial charge in [-0.25, -0.2) is 9.78 Å². The van der Waals surface area contributed by atoms with E-state index in [1.165, 1.54) is 19.5 Å². The van der Waals surface area contributed by atoms with Crippen LogP contribution in [0.25, 0.3) is 0 Å². The summed E-state index contributed by atoms with van der Waals surface area (Å²) in [6.45, 7) is 2.26. The summed E-state index contributed by atoms with van der Waals surface area (Å²) in [6, 6.07) is 0. The average molecular weight is 253 g/mol. The summed E-state index contributed by atoms with van der Waals surface area (Å²) in [5.74, 6) is -1.22. The van der Waals surface area contributed by atoms with Crippen LogP contribution in [0.1, 0.15) is 23.8 Å². The molecule has 0 amide bonds. The fraction of sp³-hybridized carbons (Fsp3) is 0.455. The fourth-order valence-electron chi connectivity index (χ4n) is 1.42. The standard InChI is InChI=1S/C11H15N3O4/c1-3-4-14(7-10(15)16)9-6-12-5-8(13-9)11(17)18-2/h5-6H,3-4,7H2,1-2H3,(H,15,16). The van der Waals surface area contributed by atoms with Crippen molar-refractivity contribution >= 4 is 17.8 Å². The molecule has 0 unspecified atom stereocenters. The molecule has 0 saturated carbocycles. The predicted octanol–water partition coefficient (Wildman–Crippen LogP) is 0.564. The van der Waals surface area contributed by atoms with Crippen molar-refractivity contribution < 1.29 is 19.4 Å². The van der Waals surface area contributed by atoms with Gasteiger partial charge in [-0.3, -0.25) is 9.78 Å². The summed E-state index contributed by atoms with van der Waals surface area (Å²) < 4.78 is 4.54. The van der Waals surface area contributed by atoms with E-state index in [2.05, 4.69) is 14.7 Å². The number of ether oxygens (including phenoxy) is 1. The minimum atomic E-state index is -0.964. The number of carbonyl (C=O) groups excluding carboxylic acids is 1. The Labute approximate surface area is 104 Å². The number of nitrogens with zero attached hydrogens (tertiary/aromatic N) is 3. The van der Waals surface area contributed by atoms with Gasteiger partial charge in [0.1, 0.15) is 12.4 Å². The SMILES string of the molecule is CCCN(CC(=O)O)c1cncc(C(=O)OC)n1. The Morgan fingerprint density at radius 3 is 2.72 bits per heavy atom. The Morgan fingerprint density at radius 2 is 2.17 bits per heavy atom. The summed E-state index contributed by atoms with van der Waals surface area (Å²) in [6.07, 6.45) is 3.46. The molecule has 1 heterocycles. The van der Waals surface area contributed by atoms with Crippen LogP contribution in [0.3, 0.4) is 0 Å². The number of esters is 1. The van der Waals surface area contributed by atoms with E-state index in [-0.39, 0.29) is 12.2 Å². The molecule has 0 spiro atoms. The molecule has 18 heavy (non-hydrogen) atoms. The van der Waals surface area contributed by atoms with E-state index in [0.29, 0.717) is 12.4 Å². The van der Waals surface area contributed by atoms with Crippen LogP contribution in [0.4, 0.5) is 5.82 Å². The third kappa shape index (κ3) is 3.69. The Kier molecular flexibility index (Phi) is 5.04. The molecule has 0 aliphatic heterocycles. The highest BCUT2D eigenvalue weighted by Crippen LogP contribution is 2.10. The second kappa shape index (κ2) is 6.53. The molecule has 0 radical (unpaired) electrons. The number of carboxylic acid groups (broad SMARTS) is 1. The Hall–Kier alpha value is -2.18. The van der Waals surface area contributed by atoms with Crippen molar-refractivity contribution in [3.05, 3.63) is 18.1 Å². The third-order valence-electron chi connectivity index (χ3n) is 2.16. The molecular formula is C11H15N3O4. The van der Waals surface area contributed by atoms with Crippen LogP contribution in [0.15, 0.2) is 12.4 Å². The molecule has 0 bridgehead atoms. The highest BCUT2D eigenvalue weighted by Gasteiger charge is 2.14. The summed E-state index contributed by atoms with van der Waals surface area (Å²) >= 11 is 0. The zero-order valence-electron chi connectivity index (χ0n) is 10.3. The molecule has 0 saturated heterocycles. The van der Waals surface area contributed by atoms with Gasteiger partial charge in [-0.15, -0.1) is 0 Å². The lowest BCUT2D eigenvalue weighted by molar-refractivity contribution is -0.135. The summed E-state index contributed by atoms with van der Waals surface area (Å²) in [5.41, 5.74) is 0.0569. The van der Waals surface area contributed by atoms with Crippen molar-refractivity contribution in [2.75, 3.05) is 25.1 Å². The highest BCUT2D eigenvalue weighted by molar-refractivity contribution is 5.87. The maximum absolute atomic E-state index is 11.3. The zero-order chi connectivity index (χ0) is 13.5. The second-order valence-electron chi connectivity index (χ2n) is 3.57. The zero-order valence-corrected chi connectivity index (χ0v) is 10.3. The normalized spacial score (nSPS) is 9.89. The number of aliphatic carboxylic acids is 1. The van der Waals surface area contributed by atoms with Crippen LogP contribution in [-0.4, -0.2) is 47.2 Å². The van der Waals surface area contributed by atoms with Gasteiger partial charge in [0.05, 0.1) is 19.5 Å². The maximum atomic E-state index is 11.3. The number of methoxy groups -OCH3 is 1. The topological polar surface area (TPSA) is 92.6 Å².